The van der Waals surface area contributed by atoms with Gasteiger partial charge in [0.05, 0.1) is 31.1 Å². The third-order valence-corrected chi connectivity index (χ3v) is 9.81. The number of phenols is 2. The van der Waals surface area contributed by atoms with Gasteiger partial charge < -0.3 is 25.2 Å². The molecule has 1 unspecified atom stereocenters. The van der Waals surface area contributed by atoms with Crippen LogP contribution < -0.4 is 15.6 Å². The van der Waals surface area contributed by atoms with Crippen molar-refractivity contribution in [3.63, 3.8) is 0 Å². The number of aliphatic imine (C=N–C) groups is 1. The molecule has 8 nitrogen and oxygen atoms in total. The lowest BCUT2D eigenvalue weighted by atomic mass is 9.78. The van der Waals surface area contributed by atoms with Crippen molar-refractivity contribution in [3.8, 4) is 17.2 Å². The molecule has 0 saturated heterocycles. The van der Waals surface area contributed by atoms with Crippen LogP contribution in [-0.4, -0.2) is 39.8 Å². The van der Waals surface area contributed by atoms with Gasteiger partial charge in [0, 0.05) is 40.1 Å². The Labute approximate surface area is 267 Å². The van der Waals surface area contributed by atoms with Crippen LogP contribution in [0.15, 0.2) is 32.3 Å². The monoisotopic (exact) mass is 623 g/mol. The van der Waals surface area contributed by atoms with E-state index in [1.54, 1.807) is 0 Å². The number of unbranched alkanes of at least 4 members (excludes halogenated alkanes) is 3. The standard InChI is InChI=1S/C38H41NO7/c1-6-8-10-11-22-23-13-18(3)26(19(4)39-12-9-7-2)35-34-29(23)32-27(20(16-40)14-24(42)30(32)36(22)44)28-21(17-41)15-25(43)31(33(28)34)37(45)38(35)46-5/h13-15,26,40-41,44-45H,6-12,16-17H2,1-5H3. The van der Waals surface area contributed by atoms with Gasteiger partial charge in [0.1, 0.15) is 5.75 Å². The van der Waals surface area contributed by atoms with Crippen LogP contribution in [0.25, 0.3) is 49.2 Å². The van der Waals surface area contributed by atoms with E-state index >= 15 is 0 Å². The number of methoxy groups -OCH3 is 1. The number of nitrogens with zero attached hydrogens (tertiary/aromatic N) is 1. The lowest BCUT2D eigenvalue weighted by Crippen LogP contribution is -2.15. The summed E-state index contributed by atoms with van der Waals surface area (Å²) in [7, 11) is 1.46. The number of phenolic OH excluding ortho intramolecular Hbond substituents is 2. The minimum Gasteiger partial charge on any atom is -0.507 e. The van der Waals surface area contributed by atoms with Gasteiger partial charge in [-0.3, -0.25) is 14.6 Å². The number of aliphatic hydroxyl groups excluding tert-OH is 2. The summed E-state index contributed by atoms with van der Waals surface area (Å²) in [5.74, 6) is -0.701. The Morgan fingerprint density at radius 1 is 0.804 bits per heavy atom. The predicted octanol–water partition coefficient (Wildman–Crippen LogP) is 6.79. The number of aromatic hydroxyl groups is 2. The summed E-state index contributed by atoms with van der Waals surface area (Å²) in [6.45, 7) is 7.81. The Morgan fingerprint density at radius 3 is 1.96 bits per heavy atom. The van der Waals surface area contributed by atoms with Gasteiger partial charge in [0.25, 0.3) is 0 Å². The molecule has 1 aliphatic rings. The summed E-state index contributed by atoms with van der Waals surface area (Å²) in [5.41, 5.74) is 3.42. The minimum absolute atomic E-state index is 0.0436. The van der Waals surface area contributed by atoms with Gasteiger partial charge in [-0.15, -0.1) is 0 Å². The van der Waals surface area contributed by atoms with Gasteiger partial charge in [0.15, 0.2) is 22.4 Å². The maximum absolute atomic E-state index is 13.9. The fraction of sp³-hybridized carbons (Fsp3) is 0.395. The van der Waals surface area contributed by atoms with Gasteiger partial charge in [0.2, 0.25) is 0 Å². The van der Waals surface area contributed by atoms with Crippen molar-refractivity contribution in [2.24, 2.45) is 4.99 Å². The molecule has 0 spiro atoms. The second kappa shape index (κ2) is 12.2. The lowest BCUT2D eigenvalue weighted by Gasteiger charge is -2.26. The lowest BCUT2D eigenvalue weighted by molar-refractivity contribution is 0.282. The summed E-state index contributed by atoms with van der Waals surface area (Å²) in [6.07, 6.45) is 7.15. The molecular weight excluding hydrogens is 582 g/mol. The highest BCUT2D eigenvalue weighted by Crippen LogP contribution is 2.56. The zero-order chi connectivity index (χ0) is 33.0. The van der Waals surface area contributed by atoms with Crippen molar-refractivity contribution >= 4 is 54.9 Å². The van der Waals surface area contributed by atoms with Gasteiger partial charge in [-0.25, -0.2) is 0 Å². The van der Waals surface area contributed by atoms with E-state index in [4.69, 9.17) is 9.73 Å². The largest absolute Gasteiger partial charge is 0.507 e. The fourth-order valence-corrected chi connectivity index (χ4v) is 7.81. The summed E-state index contributed by atoms with van der Waals surface area (Å²) in [6, 6.07) is 2.62. The van der Waals surface area contributed by atoms with Gasteiger partial charge in [-0.05, 0) is 83.5 Å². The van der Waals surface area contributed by atoms with Crippen molar-refractivity contribution in [1.82, 2.24) is 0 Å². The van der Waals surface area contributed by atoms with E-state index in [0.29, 0.717) is 67.5 Å². The van der Waals surface area contributed by atoms with E-state index in [1.165, 1.54) is 19.2 Å². The number of fused-ring (bicyclic) bond motifs is 1. The van der Waals surface area contributed by atoms with Crippen molar-refractivity contribution < 1.29 is 25.2 Å². The number of rotatable bonds is 11. The molecule has 1 aliphatic carbocycles. The molecular formula is C38H41NO7. The highest BCUT2D eigenvalue weighted by Gasteiger charge is 2.36. The average Bonchev–Trinajstić information content (AvgIpc) is 3.16. The summed E-state index contributed by atoms with van der Waals surface area (Å²) < 4.78 is 5.95. The Balaban J connectivity index is 2.03. The highest BCUT2D eigenvalue weighted by molar-refractivity contribution is 6.38. The van der Waals surface area contributed by atoms with E-state index in [0.717, 1.165) is 49.0 Å². The molecule has 1 atom stereocenters. The molecule has 6 rings (SSSR count). The molecule has 0 aromatic heterocycles. The molecule has 8 heteroatoms. The molecule has 0 heterocycles. The van der Waals surface area contributed by atoms with E-state index < -0.39 is 30.0 Å². The fourth-order valence-electron chi connectivity index (χ4n) is 7.81. The Bertz CT molecular complexity index is 2200. The molecule has 4 N–H and O–H groups in total. The normalized spacial score (nSPS) is 15.2. The molecule has 5 aromatic carbocycles. The smallest absolute Gasteiger partial charge is 0.190 e. The SMILES string of the molecule is CCCCCc1c(O)c2c(=O)cc(CO)c3c4c(CO)cc(=O)c5c(O)c(OC)c6c(c(c1C=C(C)C6C(C)=NCCCC)c23)c54. The second-order valence-corrected chi connectivity index (χ2v) is 12.6. The number of hydrogen-bond donors (Lipinski definition) is 4. The van der Waals surface area contributed by atoms with Crippen LogP contribution in [0.2, 0.25) is 0 Å². The first-order valence-corrected chi connectivity index (χ1v) is 16.2. The molecule has 0 radical (unpaired) electrons. The maximum atomic E-state index is 13.9. The second-order valence-electron chi connectivity index (χ2n) is 12.6. The quantitative estimate of drug-likeness (QED) is 0.0550. The minimum atomic E-state index is -0.491. The highest BCUT2D eigenvalue weighted by atomic mass is 16.5. The van der Waals surface area contributed by atoms with Crippen LogP contribution in [0.1, 0.15) is 93.5 Å². The van der Waals surface area contributed by atoms with E-state index in [2.05, 4.69) is 13.8 Å². The van der Waals surface area contributed by atoms with Crippen molar-refractivity contribution in [3.05, 3.63) is 66.0 Å². The Hall–Kier alpha value is -4.27. The third-order valence-electron chi connectivity index (χ3n) is 9.81. The first-order valence-electron chi connectivity index (χ1n) is 16.2. The molecule has 240 valence electrons. The molecule has 5 aromatic rings. The van der Waals surface area contributed by atoms with E-state index in [1.807, 2.05) is 19.9 Å². The number of hydrogen-bond acceptors (Lipinski definition) is 8. The number of aliphatic hydroxyl groups is 2. The first kappa shape index (κ1) is 31.7. The van der Waals surface area contributed by atoms with Gasteiger partial charge >= 0.3 is 0 Å². The van der Waals surface area contributed by atoms with Crippen molar-refractivity contribution in [2.75, 3.05) is 13.7 Å². The predicted molar refractivity (Wildman–Crippen MR) is 186 cm³/mol. The van der Waals surface area contributed by atoms with Crippen molar-refractivity contribution in [1.29, 1.82) is 0 Å². The van der Waals surface area contributed by atoms with Crippen LogP contribution in [0.5, 0.6) is 17.2 Å². The van der Waals surface area contributed by atoms with Crippen LogP contribution >= 0.6 is 0 Å². The third kappa shape index (κ3) is 4.45. The Kier molecular flexibility index (Phi) is 8.38. The van der Waals surface area contributed by atoms with Gasteiger partial charge in [-0.1, -0.05) is 44.8 Å². The van der Waals surface area contributed by atoms with E-state index in [-0.39, 0.29) is 28.0 Å². The van der Waals surface area contributed by atoms with Crippen LogP contribution in [-0.2, 0) is 19.6 Å². The summed E-state index contributed by atoms with van der Waals surface area (Å²) in [5, 5.41) is 48.3. The Morgan fingerprint density at radius 2 is 1.39 bits per heavy atom. The molecule has 0 saturated carbocycles. The molecule has 0 aliphatic heterocycles. The molecule has 0 bridgehead atoms. The summed E-state index contributed by atoms with van der Waals surface area (Å²) in [4.78, 5) is 32.6. The maximum Gasteiger partial charge on any atom is 0.190 e. The first-order chi connectivity index (χ1) is 22.2. The number of benzene rings is 5. The molecule has 0 amide bonds. The van der Waals surface area contributed by atoms with Crippen LogP contribution in [0.3, 0.4) is 0 Å². The van der Waals surface area contributed by atoms with Crippen LogP contribution in [0.4, 0.5) is 0 Å². The molecule has 0 fully saturated rings. The summed E-state index contributed by atoms with van der Waals surface area (Å²) >= 11 is 0. The van der Waals surface area contributed by atoms with Crippen LogP contribution in [0, 0.1) is 0 Å². The number of allylic oxidation sites excluding steroid dienone is 1. The zero-order valence-electron chi connectivity index (χ0n) is 27.1. The topological polar surface area (TPSA) is 137 Å². The van der Waals surface area contributed by atoms with Gasteiger partial charge in [-0.2, -0.15) is 0 Å². The van der Waals surface area contributed by atoms with E-state index in [9.17, 15) is 30.0 Å². The van der Waals surface area contributed by atoms with Crippen molar-refractivity contribution in [2.45, 2.75) is 85.4 Å². The average molecular weight is 624 g/mol. The zero-order valence-corrected chi connectivity index (χ0v) is 27.1. The molecule has 46 heavy (non-hydrogen) atoms. The number of ether oxygens (including phenoxy) is 1.